The Bertz CT molecular complexity index is 516. The van der Waals surface area contributed by atoms with Crippen molar-refractivity contribution >= 4 is 11.9 Å². The third-order valence-electron chi connectivity index (χ3n) is 2.52. The highest BCUT2D eigenvalue weighted by molar-refractivity contribution is 5.63. The van der Waals surface area contributed by atoms with Crippen molar-refractivity contribution in [1.29, 1.82) is 0 Å². The second kappa shape index (κ2) is 3.77. The normalized spacial score (nSPS) is 10.4. The number of hydrogen-bond acceptors (Lipinski definition) is 5. The average molecular weight is 215 g/mol. The van der Waals surface area contributed by atoms with Crippen LogP contribution in [0.5, 0.6) is 0 Å². The van der Waals surface area contributed by atoms with Crippen LogP contribution in [0, 0.1) is 13.8 Å². The molecule has 1 heterocycles. The molecule has 2 rings (SSSR count). The van der Waals surface area contributed by atoms with E-state index in [1.807, 2.05) is 32.0 Å². The minimum absolute atomic E-state index is 0.142. The standard InChI is InChI=1S/C11H13N5/c1-6-4-3-5-8(7(6)2)9-14-10(12)16-11(13)15-9/h3-5H,1-2H3,(H4,12,13,14,15,16). The molecule has 0 saturated carbocycles. The van der Waals surface area contributed by atoms with Gasteiger partial charge in [-0.1, -0.05) is 18.2 Å². The Hall–Kier alpha value is -2.17. The Morgan fingerprint density at radius 1 is 0.938 bits per heavy atom. The van der Waals surface area contributed by atoms with Crippen LogP contribution in [0.1, 0.15) is 11.1 Å². The lowest BCUT2D eigenvalue weighted by atomic mass is 10.0. The van der Waals surface area contributed by atoms with Crippen molar-refractivity contribution in [2.24, 2.45) is 0 Å². The van der Waals surface area contributed by atoms with Crippen molar-refractivity contribution in [3.8, 4) is 11.4 Å². The summed E-state index contributed by atoms with van der Waals surface area (Å²) in [5, 5.41) is 0. The van der Waals surface area contributed by atoms with E-state index in [-0.39, 0.29) is 11.9 Å². The lowest BCUT2D eigenvalue weighted by molar-refractivity contribution is 1.08. The van der Waals surface area contributed by atoms with Crippen molar-refractivity contribution in [2.45, 2.75) is 13.8 Å². The molecule has 1 aromatic heterocycles. The van der Waals surface area contributed by atoms with E-state index in [0.29, 0.717) is 5.82 Å². The zero-order valence-corrected chi connectivity index (χ0v) is 9.23. The summed E-state index contributed by atoms with van der Waals surface area (Å²) in [5.41, 5.74) is 14.3. The average Bonchev–Trinajstić information content (AvgIpc) is 2.20. The predicted molar refractivity (Wildman–Crippen MR) is 63.6 cm³/mol. The van der Waals surface area contributed by atoms with Crippen LogP contribution in [0.4, 0.5) is 11.9 Å². The van der Waals surface area contributed by atoms with E-state index in [9.17, 15) is 0 Å². The monoisotopic (exact) mass is 215 g/mol. The topological polar surface area (TPSA) is 90.7 Å². The number of nitrogens with zero attached hydrogens (tertiary/aromatic N) is 3. The van der Waals surface area contributed by atoms with Crippen molar-refractivity contribution in [3.05, 3.63) is 29.3 Å². The van der Waals surface area contributed by atoms with Crippen molar-refractivity contribution in [2.75, 3.05) is 11.5 Å². The molecule has 5 nitrogen and oxygen atoms in total. The second-order valence-electron chi connectivity index (χ2n) is 3.62. The number of nitrogens with two attached hydrogens (primary N) is 2. The summed E-state index contributed by atoms with van der Waals surface area (Å²) < 4.78 is 0. The molecule has 4 N–H and O–H groups in total. The molecule has 0 bridgehead atoms. The van der Waals surface area contributed by atoms with E-state index in [1.54, 1.807) is 0 Å². The largest absolute Gasteiger partial charge is 0.368 e. The van der Waals surface area contributed by atoms with Crippen molar-refractivity contribution in [3.63, 3.8) is 0 Å². The lowest BCUT2D eigenvalue weighted by Crippen LogP contribution is -2.05. The highest BCUT2D eigenvalue weighted by atomic mass is 15.1. The van der Waals surface area contributed by atoms with Gasteiger partial charge in [0.25, 0.3) is 0 Å². The maximum atomic E-state index is 5.54. The fourth-order valence-corrected chi connectivity index (χ4v) is 1.52. The van der Waals surface area contributed by atoms with Crippen LogP contribution in [0.3, 0.4) is 0 Å². The summed E-state index contributed by atoms with van der Waals surface area (Å²) in [6.45, 7) is 4.05. The number of rotatable bonds is 1. The van der Waals surface area contributed by atoms with Crippen LogP contribution >= 0.6 is 0 Å². The van der Waals surface area contributed by atoms with Crippen LogP contribution in [-0.2, 0) is 0 Å². The summed E-state index contributed by atoms with van der Waals surface area (Å²) in [6.07, 6.45) is 0. The summed E-state index contributed by atoms with van der Waals surface area (Å²) in [5.74, 6) is 0.804. The van der Waals surface area contributed by atoms with Crippen LogP contribution in [0.2, 0.25) is 0 Å². The Morgan fingerprint density at radius 2 is 1.56 bits per heavy atom. The van der Waals surface area contributed by atoms with E-state index < -0.39 is 0 Å². The van der Waals surface area contributed by atoms with Gasteiger partial charge < -0.3 is 11.5 Å². The number of nitrogen functional groups attached to an aromatic ring is 2. The van der Waals surface area contributed by atoms with Gasteiger partial charge in [-0.3, -0.25) is 0 Å². The molecular weight excluding hydrogens is 202 g/mol. The number of benzene rings is 1. The number of hydrogen-bond donors (Lipinski definition) is 2. The van der Waals surface area contributed by atoms with Gasteiger partial charge in [0.1, 0.15) is 0 Å². The summed E-state index contributed by atoms with van der Waals surface area (Å²) in [7, 11) is 0. The Labute approximate surface area is 93.6 Å². The van der Waals surface area contributed by atoms with E-state index in [4.69, 9.17) is 11.5 Å². The zero-order chi connectivity index (χ0) is 11.7. The van der Waals surface area contributed by atoms with E-state index in [1.165, 1.54) is 5.56 Å². The van der Waals surface area contributed by atoms with E-state index >= 15 is 0 Å². The predicted octanol–water partition coefficient (Wildman–Crippen LogP) is 1.32. The van der Waals surface area contributed by atoms with Gasteiger partial charge in [0, 0.05) is 5.56 Å². The fraction of sp³-hybridized carbons (Fsp3) is 0.182. The maximum Gasteiger partial charge on any atom is 0.225 e. The van der Waals surface area contributed by atoms with Crippen LogP contribution < -0.4 is 11.5 Å². The third-order valence-corrected chi connectivity index (χ3v) is 2.52. The molecule has 0 aliphatic heterocycles. The van der Waals surface area contributed by atoms with Crippen molar-refractivity contribution < 1.29 is 0 Å². The highest BCUT2D eigenvalue weighted by Gasteiger charge is 2.08. The first kappa shape index (κ1) is 10.4. The van der Waals surface area contributed by atoms with Crippen LogP contribution in [0.25, 0.3) is 11.4 Å². The van der Waals surface area contributed by atoms with Gasteiger partial charge in [-0.15, -0.1) is 0 Å². The second-order valence-corrected chi connectivity index (χ2v) is 3.62. The van der Waals surface area contributed by atoms with Gasteiger partial charge in [-0.2, -0.15) is 15.0 Å². The summed E-state index contributed by atoms with van der Waals surface area (Å²) in [4.78, 5) is 11.9. The Balaban J connectivity index is 2.63. The van der Waals surface area contributed by atoms with Gasteiger partial charge in [0.05, 0.1) is 0 Å². The van der Waals surface area contributed by atoms with Gasteiger partial charge in [0.2, 0.25) is 11.9 Å². The molecule has 0 aliphatic carbocycles. The lowest BCUT2D eigenvalue weighted by Gasteiger charge is -2.07. The van der Waals surface area contributed by atoms with E-state index in [2.05, 4.69) is 15.0 Å². The molecule has 16 heavy (non-hydrogen) atoms. The van der Waals surface area contributed by atoms with Gasteiger partial charge in [-0.25, -0.2) is 0 Å². The number of anilines is 2. The molecule has 0 spiro atoms. The molecular formula is C11H13N5. The van der Waals surface area contributed by atoms with Crippen LogP contribution in [0.15, 0.2) is 18.2 Å². The SMILES string of the molecule is Cc1cccc(-c2nc(N)nc(N)n2)c1C. The fourth-order valence-electron chi connectivity index (χ4n) is 1.52. The highest BCUT2D eigenvalue weighted by Crippen LogP contribution is 2.22. The summed E-state index contributed by atoms with van der Waals surface area (Å²) >= 11 is 0. The summed E-state index contributed by atoms with van der Waals surface area (Å²) in [6, 6.07) is 5.93. The molecule has 2 aromatic rings. The molecule has 1 aromatic carbocycles. The van der Waals surface area contributed by atoms with Gasteiger partial charge in [0.15, 0.2) is 5.82 Å². The Kier molecular flexibility index (Phi) is 2.44. The minimum Gasteiger partial charge on any atom is -0.368 e. The number of aryl methyl sites for hydroxylation is 1. The molecule has 0 fully saturated rings. The third kappa shape index (κ3) is 1.79. The number of aromatic nitrogens is 3. The molecule has 0 atom stereocenters. The first-order valence-electron chi connectivity index (χ1n) is 4.91. The zero-order valence-electron chi connectivity index (χ0n) is 9.23. The molecule has 82 valence electrons. The first-order valence-corrected chi connectivity index (χ1v) is 4.91. The van der Waals surface area contributed by atoms with E-state index in [0.717, 1.165) is 11.1 Å². The first-order chi connectivity index (χ1) is 7.58. The maximum absolute atomic E-state index is 5.54. The molecule has 0 aliphatic rings. The van der Waals surface area contributed by atoms with Gasteiger partial charge >= 0.3 is 0 Å². The Morgan fingerprint density at radius 3 is 2.19 bits per heavy atom. The van der Waals surface area contributed by atoms with Gasteiger partial charge in [-0.05, 0) is 25.0 Å². The quantitative estimate of drug-likeness (QED) is 0.748. The molecule has 0 amide bonds. The molecule has 5 heteroatoms. The smallest absolute Gasteiger partial charge is 0.225 e. The van der Waals surface area contributed by atoms with Crippen LogP contribution in [-0.4, -0.2) is 15.0 Å². The molecule has 0 radical (unpaired) electrons. The minimum atomic E-state index is 0.142. The molecule has 0 saturated heterocycles. The molecule has 0 unspecified atom stereocenters. The van der Waals surface area contributed by atoms with Crippen molar-refractivity contribution in [1.82, 2.24) is 15.0 Å².